The van der Waals surface area contributed by atoms with Gasteiger partial charge in [0.15, 0.2) is 0 Å². The zero-order valence-electron chi connectivity index (χ0n) is 10.7. The van der Waals surface area contributed by atoms with Crippen molar-refractivity contribution in [3.63, 3.8) is 0 Å². The summed E-state index contributed by atoms with van der Waals surface area (Å²) in [6.45, 7) is 4.01. The van der Waals surface area contributed by atoms with Gasteiger partial charge in [-0.05, 0) is 25.3 Å². The van der Waals surface area contributed by atoms with Crippen molar-refractivity contribution in [1.82, 2.24) is 15.5 Å². The van der Waals surface area contributed by atoms with Gasteiger partial charge in [-0.2, -0.15) is 0 Å². The van der Waals surface area contributed by atoms with Gasteiger partial charge in [0.2, 0.25) is 11.8 Å². The minimum absolute atomic E-state index is 0.769. The van der Waals surface area contributed by atoms with Gasteiger partial charge >= 0.3 is 0 Å². The summed E-state index contributed by atoms with van der Waals surface area (Å²) in [5, 5.41) is 11.5. The maximum atomic E-state index is 5.67. The molecular weight excluding hydrogens is 214 g/mol. The van der Waals surface area contributed by atoms with E-state index in [0.29, 0.717) is 0 Å². The third kappa shape index (κ3) is 4.11. The van der Waals surface area contributed by atoms with E-state index in [1.165, 1.54) is 32.1 Å². The summed E-state index contributed by atoms with van der Waals surface area (Å²) >= 11 is 0. The van der Waals surface area contributed by atoms with Crippen LogP contribution in [0.3, 0.4) is 0 Å². The molecule has 1 saturated carbocycles. The molecule has 0 aromatic carbocycles. The first kappa shape index (κ1) is 12.6. The van der Waals surface area contributed by atoms with Gasteiger partial charge in [-0.1, -0.05) is 26.2 Å². The molecule has 1 aromatic rings. The zero-order valence-corrected chi connectivity index (χ0v) is 10.7. The van der Waals surface area contributed by atoms with E-state index in [1.54, 1.807) is 0 Å². The van der Waals surface area contributed by atoms with E-state index in [4.69, 9.17) is 4.42 Å². The van der Waals surface area contributed by atoms with Crippen LogP contribution in [0.25, 0.3) is 0 Å². The maximum Gasteiger partial charge on any atom is 0.217 e. The van der Waals surface area contributed by atoms with Crippen molar-refractivity contribution in [3.8, 4) is 0 Å². The number of rotatable bonds is 6. The number of nitrogens with one attached hydrogen (secondary N) is 1. The van der Waals surface area contributed by atoms with Gasteiger partial charge in [-0.3, -0.25) is 0 Å². The Kier molecular flexibility index (Phi) is 4.98. The van der Waals surface area contributed by atoms with Crippen molar-refractivity contribution in [2.75, 3.05) is 13.1 Å². The van der Waals surface area contributed by atoms with Crippen LogP contribution in [0.2, 0.25) is 0 Å². The second kappa shape index (κ2) is 6.74. The third-order valence-electron chi connectivity index (χ3n) is 3.46. The molecule has 0 saturated heterocycles. The lowest BCUT2D eigenvalue weighted by Gasteiger charge is -2.19. The summed E-state index contributed by atoms with van der Waals surface area (Å²) in [4.78, 5) is 0. The summed E-state index contributed by atoms with van der Waals surface area (Å²) in [6, 6.07) is 0. The van der Waals surface area contributed by atoms with Crippen LogP contribution in [0.15, 0.2) is 4.42 Å². The Morgan fingerprint density at radius 1 is 1.18 bits per heavy atom. The Bertz CT molecular complexity index is 318. The lowest BCUT2D eigenvalue weighted by Crippen LogP contribution is -2.16. The Hall–Kier alpha value is -0.900. The average molecular weight is 237 g/mol. The number of likely N-dealkylation sites (N-methyl/N-ethyl adjacent to an activating group) is 1. The summed E-state index contributed by atoms with van der Waals surface area (Å²) < 4.78 is 5.67. The van der Waals surface area contributed by atoms with Crippen LogP contribution >= 0.6 is 0 Å². The van der Waals surface area contributed by atoms with Gasteiger partial charge in [0.25, 0.3) is 0 Å². The molecule has 0 atom stereocenters. The zero-order chi connectivity index (χ0) is 11.9. The van der Waals surface area contributed by atoms with Crippen molar-refractivity contribution in [3.05, 3.63) is 11.8 Å². The fourth-order valence-electron chi connectivity index (χ4n) is 2.48. The maximum absolute atomic E-state index is 5.67. The largest absolute Gasteiger partial charge is 0.425 e. The highest BCUT2D eigenvalue weighted by molar-refractivity contribution is 4.85. The van der Waals surface area contributed by atoms with Crippen molar-refractivity contribution < 1.29 is 4.42 Å². The number of aromatic nitrogens is 2. The highest BCUT2D eigenvalue weighted by Gasteiger charge is 2.17. The Labute approximate surface area is 103 Å². The molecule has 0 unspecified atom stereocenters. The Morgan fingerprint density at radius 3 is 2.71 bits per heavy atom. The van der Waals surface area contributed by atoms with Crippen molar-refractivity contribution in [1.29, 1.82) is 0 Å². The predicted molar refractivity (Wildman–Crippen MR) is 66.8 cm³/mol. The number of hydrogen-bond acceptors (Lipinski definition) is 4. The van der Waals surface area contributed by atoms with Crippen LogP contribution in [-0.2, 0) is 12.8 Å². The van der Waals surface area contributed by atoms with Gasteiger partial charge < -0.3 is 9.73 Å². The van der Waals surface area contributed by atoms with Gasteiger partial charge in [0, 0.05) is 19.4 Å². The lowest BCUT2D eigenvalue weighted by atomic mass is 9.87. The molecule has 0 amide bonds. The topological polar surface area (TPSA) is 51.0 Å². The lowest BCUT2D eigenvalue weighted by molar-refractivity contribution is 0.324. The van der Waals surface area contributed by atoms with Crippen molar-refractivity contribution in [2.24, 2.45) is 5.92 Å². The van der Waals surface area contributed by atoms with E-state index in [2.05, 4.69) is 22.4 Å². The first-order valence-corrected chi connectivity index (χ1v) is 6.90. The SMILES string of the molecule is CCNCCc1nnc(CC2CCCCC2)o1. The van der Waals surface area contributed by atoms with E-state index >= 15 is 0 Å². The molecule has 17 heavy (non-hydrogen) atoms. The number of hydrogen-bond donors (Lipinski definition) is 1. The second-order valence-corrected chi connectivity index (χ2v) is 4.90. The van der Waals surface area contributed by atoms with Crippen LogP contribution in [0.5, 0.6) is 0 Å². The molecule has 1 heterocycles. The van der Waals surface area contributed by atoms with Crippen LogP contribution in [0.4, 0.5) is 0 Å². The fraction of sp³-hybridized carbons (Fsp3) is 0.846. The second-order valence-electron chi connectivity index (χ2n) is 4.90. The molecule has 96 valence electrons. The predicted octanol–water partition coefficient (Wildman–Crippen LogP) is 2.34. The van der Waals surface area contributed by atoms with E-state index in [0.717, 1.165) is 43.6 Å². The van der Waals surface area contributed by atoms with E-state index in [1.807, 2.05) is 0 Å². The molecule has 1 N–H and O–H groups in total. The molecule has 1 fully saturated rings. The van der Waals surface area contributed by atoms with Crippen LogP contribution < -0.4 is 5.32 Å². The molecule has 0 radical (unpaired) electrons. The minimum Gasteiger partial charge on any atom is -0.425 e. The van der Waals surface area contributed by atoms with Crippen LogP contribution in [-0.4, -0.2) is 23.3 Å². The molecule has 1 aliphatic carbocycles. The molecule has 2 rings (SSSR count). The standard InChI is InChI=1S/C13H23N3O/c1-2-14-9-8-12-15-16-13(17-12)10-11-6-4-3-5-7-11/h11,14H,2-10H2,1H3. The quantitative estimate of drug-likeness (QED) is 0.772. The first-order valence-electron chi connectivity index (χ1n) is 6.90. The first-order chi connectivity index (χ1) is 8.38. The molecule has 1 aromatic heterocycles. The average Bonchev–Trinajstić information content (AvgIpc) is 2.79. The van der Waals surface area contributed by atoms with E-state index < -0.39 is 0 Å². The van der Waals surface area contributed by atoms with Gasteiger partial charge in [-0.25, -0.2) is 0 Å². The summed E-state index contributed by atoms with van der Waals surface area (Å²) in [5.41, 5.74) is 0. The van der Waals surface area contributed by atoms with Crippen molar-refractivity contribution >= 4 is 0 Å². The van der Waals surface area contributed by atoms with Crippen LogP contribution in [0.1, 0.15) is 50.8 Å². The van der Waals surface area contributed by atoms with E-state index in [-0.39, 0.29) is 0 Å². The minimum atomic E-state index is 0.769. The summed E-state index contributed by atoms with van der Waals surface area (Å²) in [6.07, 6.45) is 8.61. The normalized spacial score (nSPS) is 17.5. The van der Waals surface area contributed by atoms with Crippen LogP contribution in [0, 0.1) is 5.92 Å². The molecule has 4 nitrogen and oxygen atoms in total. The monoisotopic (exact) mass is 237 g/mol. The Balaban J connectivity index is 1.76. The summed E-state index contributed by atoms with van der Waals surface area (Å²) in [7, 11) is 0. The smallest absolute Gasteiger partial charge is 0.217 e. The third-order valence-corrected chi connectivity index (χ3v) is 3.46. The fourth-order valence-corrected chi connectivity index (χ4v) is 2.48. The molecule has 4 heteroatoms. The molecule has 0 spiro atoms. The van der Waals surface area contributed by atoms with E-state index in [9.17, 15) is 0 Å². The number of nitrogens with zero attached hydrogens (tertiary/aromatic N) is 2. The molecule has 1 aliphatic rings. The highest BCUT2D eigenvalue weighted by atomic mass is 16.4. The van der Waals surface area contributed by atoms with Gasteiger partial charge in [0.1, 0.15) is 0 Å². The van der Waals surface area contributed by atoms with Gasteiger partial charge in [0.05, 0.1) is 0 Å². The molecule has 0 bridgehead atoms. The molecule has 0 aliphatic heterocycles. The Morgan fingerprint density at radius 2 is 1.94 bits per heavy atom. The van der Waals surface area contributed by atoms with Crippen molar-refractivity contribution in [2.45, 2.75) is 51.9 Å². The summed E-state index contributed by atoms with van der Waals surface area (Å²) in [5.74, 6) is 2.38. The highest BCUT2D eigenvalue weighted by Crippen LogP contribution is 2.26. The van der Waals surface area contributed by atoms with Gasteiger partial charge in [-0.15, -0.1) is 10.2 Å². The molecular formula is C13H23N3O.